The molecule has 0 atom stereocenters. The van der Waals surface area contributed by atoms with Gasteiger partial charge in [-0.1, -0.05) is 19.1 Å². The highest BCUT2D eigenvalue weighted by Crippen LogP contribution is 2.19. The van der Waals surface area contributed by atoms with E-state index in [0.717, 1.165) is 23.6 Å². The minimum Gasteiger partial charge on any atom is -0.486 e. The first-order chi connectivity index (χ1) is 10.2. The van der Waals surface area contributed by atoms with Crippen LogP contribution in [0, 0.1) is 6.92 Å². The van der Waals surface area contributed by atoms with E-state index in [0.29, 0.717) is 17.9 Å². The zero-order chi connectivity index (χ0) is 14.8. The van der Waals surface area contributed by atoms with E-state index >= 15 is 0 Å². The predicted octanol–water partition coefficient (Wildman–Crippen LogP) is 2.76. The van der Waals surface area contributed by atoms with E-state index in [1.807, 2.05) is 41.8 Å². The number of aromatic nitrogens is 3. The number of hydrogen-bond acceptors (Lipinski definition) is 4. The van der Waals surface area contributed by atoms with Crippen LogP contribution < -0.4 is 10.5 Å². The predicted molar refractivity (Wildman–Crippen MR) is 82.3 cm³/mol. The minimum absolute atomic E-state index is 0.358. The summed E-state index contributed by atoms with van der Waals surface area (Å²) in [5, 5.41) is 8.30. The van der Waals surface area contributed by atoms with Gasteiger partial charge in [0.2, 0.25) is 0 Å². The third-order valence-corrected chi connectivity index (χ3v) is 3.58. The Morgan fingerprint density at radius 3 is 2.90 bits per heavy atom. The molecule has 0 fully saturated rings. The minimum atomic E-state index is 0.358. The Labute approximate surface area is 123 Å². The number of fused-ring (bicyclic) bond motifs is 1. The van der Waals surface area contributed by atoms with Crippen molar-refractivity contribution < 1.29 is 4.74 Å². The van der Waals surface area contributed by atoms with E-state index in [2.05, 4.69) is 23.2 Å². The number of rotatable bonds is 4. The summed E-state index contributed by atoms with van der Waals surface area (Å²) in [6.07, 6.45) is 2.91. The maximum atomic E-state index is 6.01. The second-order valence-corrected chi connectivity index (χ2v) is 5.01. The molecule has 2 aromatic heterocycles. The van der Waals surface area contributed by atoms with Crippen LogP contribution in [0.25, 0.3) is 5.65 Å². The molecule has 2 heterocycles. The molecule has 0 spiro atoms. The van der Waals surface area contributed by atoms with E-state index in [4.69, 9.17) is 10.5 Å². The summed E-state index contributed by atoms with van der Waals surface area (Å²) < 4.78 is 7.67. The lowest BCUT2D eigenvalue weighted by Crippen LogP contribution is -2.03. The molecule has 0 amide bonds. The molecule has 108 valence electrons. The van der Waals surface area contributed by atoms with Gasteiger partial charge in [-0.15, -0.1) is 10.2 Å². The average Bonchev–Trinajstić information content (AvgIpc) is 2.93. The van der Waals surface area contributed by atoms with Crippen LogP contribution >= 0.6 is 0 Å². The zero-order valence-electron chi connectivity index (χ0n) is 12.2. The van der Waals surface area contributed by atoms with Gasteiger partial charge in [-0.05, 0) is 42.7 Å². The number of anilines is 1. The van der Waals surface area contributed by atoms with Crippen LogP contribution in [0.2, 0.25) is 0 Å². The Balaban J connectivity index is 1.84. The highest BCUT2D eigenvalue weighted by Gasteiger charge is 2.10. The lowest BCUT2D eigenvalue weighted by molar-refractivity contribution is 0.294. The molecule has 0 aliphatic carbocycles. The lowest BCUT2D eigenvalue weighted by atomic mass is 10.2. The summed E-state index contributed by atoms with van der Waals surface area (Å²) in [4.78, 5) is 0. The summed E-state index contributed by atoms with van der Waals surface area (Å²) in [5.74, 6) is 1.57. The molecule has 0 unspecified atom stereocenters. The molecule has 5 nitrogen and oxygen atoms in total. The standard InChI is InChI=1S/C16H18N4O/c1-3-12-5-4-6-13(9-12)21-10-14-18-19-16-15(17)11(2)7-8-20(14)16/h4-9H,3,10,17H2,1-2H3. The van der Waals surface area contributed by atoms with Gasteiger partial charge in [0, 0.05) is 6.20 Å². The largest absolute Gasteiger partial charge is 0.486 e. The fourth-order valence-corrected chi connectivity index (χ4v) is 2.22. The van der Waals surface area contributed by atoms with Gasteiger partial charge in [-0.25, -0.2) is 0 Å². The van der Waals surface area contributed by atoms with Crippen molar-refractivity contribution in [1.29, 1.82) is 0 Å². The molecular weight excluding hydrogens is 264 g/mol. The monoisotopic (exact) mass is 282 g/mol. The molecule has 0 bridgehead atoms. The number of ether oxygens (including phenoxy) is 1. The van der Waals surface area contributed by atoms with Crippen molar-refractivity contribution in [3.63, 3.8) is 0 Å². The van der Waals surface area contributed by atoms with E-state index in [9.17, 15) is 0 Å². The van der Waals surface area contributed by atoms with Crippen molar-refractivity contribution in [3.8, 4) is 5.75 Å². The van der Waals surface area contributed by atoms with Crippen molar-refractivity contribution in [2.45, 2.75) is 26.9 Å². The zero-order valence-corrected chi connectivity index (χ0v) is 12.2. The van der Waals surface area contributed by atoms with Gasteiger partial charge in [0.05, 0.1) is 5.69 Å². The van der Waals surface area contributed by atoms with Crippen molar-refractivity contribution in [2.24, 2.45) is 0 Å². The van der Waals surface area contributed by atoms with Gasteiger partial charge in [0.15, 0.2) is 11.5 Å². The molecule has 3 rings (SSSR count). The quantitative estimate of drug-likeness (QED) is 0.799. The van der Waals surface area contributed by atoms with Gasteiger partial charge in [0.1, 0.15) is 12.4 Å². The number of nitrogen functional groups attached to an aromatic ring is 1. The topological polar surface area (TPSA) is 65.4 Å². The third-order valence-electron chi connectivity index (χ3n) is 3.58. The van der Waals surface area contributed by atoms with E-state index < -0.39 is 0 Å². The molecule has 3 aromatic rings. The average molecular weight is 282 g/mol. The number of aryl methyl sites for hydroxylation is 2. The second-order valence-electron chi connectivity index (χ2n) is 5.01. The van der Waals surface area contributed by atoms with Gasteiger partial charge in [-0.3, -0.25) is 4.40 Å². The molecule has 0 saturated heterocycles. The molecule has 0 aliphatic rings. The molecule has 0 radical (unpaired) electrons. The van der Waals surface area contributed by atoms with E-state index in [1.165, 1.54) is 5.56 Å². The molecule has 5 heteroatoms. The third kappa shape index (κ3) is 2.54. The highest BCUT2D eigenvalue weighted by atomic mass is 16.5. The van der Waals surface area contributed by atoms with Crippen LogP contribution in [0.15, 0.2) is 36.5 Å². The smallest absolute Gasteiger partial charge is 0.184 e. The molecular formula is C16H18N4O. The van der Waals surface area contributed by atoms with Gasteiger partial charge in [0.25, 0.3) is 0 Å². The van der Waals surface area contributed by atoms with Crippen LogP contribution in [-0.2, 0) is 13.0 Å². The first kappa shape index (κ1) is 13.4. The number of benzene rings is 1. The van der Waals surface area contributed by atoms with Crippen LogP contribution in [0.3, 0.4) is 0 Å². The van der Waals surface area contributed by atoms with Crippen molar-refractivity contribution in [2.75, 3.05) is 5.73 Å². The number of hydrogen-bond donors (Lipinski definition) is 1. The summed E-state index contributed by atoms with van der Waals surface area (Å²) in [7, 11) is 0. The summed E-state index contributed by atoms with van der Waals surface area (Å²) in [6, 6.07) is 10.0. The molecule has 21 heavy (non-hydrogen) atoms. The molecule has 2 N–H and O–H groups in total. The van der Waals surface area contributed by atoms with Crippen molar-refractivity contribution in [3.05, 3.63) is 53.5 Å². The summed E-state index contributed by atoms with van der Waals surface area (Å²) in [5.41, 5.74) is 9.59. The Kier molecular flexibility index (Phi) is 3.48. The summed E-state index contributed by atoms with van der Waals surface area (Å²) >= 11 is 0. The van der Waals surface area contributed by atoms with Crippen LogP contribution in [0.5, 0.6) is 5.75 Å². The van der Waals surface area contributed by atoms with Crippen LogP contribution in [0.1, 0.15) is 23.9 Å². The van der Waals surface area contributed by atoms with Crippen LogP contribution in [0.4, 0.5) is 5.69 Å². The molecule has 0 aliphatic heterocycles. The maximum absolute atomic E-state index is 6.01. The Hall–Kier alpha value is -2.56. The van der Waals surface area contributed by atoms with Crippen molar-refractivity contribution in [1.82, 2.24) is 14.6 Å². The van der Waals surface area contributed by atoms with Crippen LogP contribution in [-0.4, -0.2) is 14.6 Å². The van der Waals surface area contributed by atoms with Crippen molar-refractivity contribution >= 4 is 11.3 Å². The first-order valence-corrected chi connectivity index (χ1v) is 6.99. The van der Waals surface area contributed by atoms with Gasteiger partial charge in [-0.2, -0.15) is 0 Å². The lowest BCUT2D eigenvalue weighted by Gasteiger charge is -2.07. The van der Waals surface area contributed by atoms with E-state index in [1.54, 1.807) is 0 Å². The Morgan fingerprint density at radius 2 is 2.10 bits per heavy atom. The summed E-state index contributed by atoms with van der Waals surface area (Å²) in [6.45, 7) is 4.43. The number of nitrogens with zero attached hydrogens (tertiary/aromatic N) is 3. The first-order valence-electron chi connectivity index (χ1n) is 6.99. The number of nitrogens with two attached hydrogens (primary N) is 1. The Morgan fingerprint density at radius 1 is 1.24 bits per heavy atom. The molecule has 0 saturated carbocycles. The fraction of sp³-hybridized carbons (Fsp3) is 0.250. The highest BCUT2D eigenvalue weighted by molar-refractivity contribution is 5.68. The number of pyridine rings is 1. The SMILES string of the molecule is CCc1cccc(OCc2nnc3c(N)c(C)ccn23)c1. The van der Waals surface area contributed by atoms with Gasteiger partial charge >= 0.3 is 0 Å². The second kappa shape index (κ2) is 5.44. The maximum Gasteiger partial charge on any atom is 0.184 e. The van der Waals surface area contributed by atoms with Gasteiger partial charge < -0.3 is 10.5 Å². The normalized spacial score (nSPS) is 11.0. The molecule has 1 aromatic carbocycles. The Bertz CT molecular complexity index is 779. The fourth-order valence-electron chi connectivity index (χ4n) is 2.22. The van der Waals surface area contributed by atoms with E-state index in [-0.39, 0.29) is 0 Å².